The molecule has 4 nitrogen and oxygen atoms in total. The first-order chi connectivity index (χ1) is 9.47. The van der Waals surface area contributed by atoms with E-state index in [1.54, 1.807) is 6.92 Å². The Kier molecular flexibility index (Phi) is 4.39. The van der Waals surface area contributed by atoms with Gasteiger partial charge in [0.25, 0.3) is 0 Å². The predicted molar refractivity (Wildman–Crippen MR) is 74.0 cm³/mol. The van der Waals surface area contributed by atoms with Gasteiger partial charge >= 0.3 is 0 Å². The summed E-state index contributed by atoms with van der Waals surface area (Å²) < 4.78 is 20.7. The van der Waals surface area contributed by atoms with Crippen LogP contribution in [0.25, 0.3) is 0 Å². The third-order valence-electron chi connectivity index (χ3n) is 2.99. The van der Waals surface area contributed by atoms with Crippen LogP contribution in [0.1, 0.15) is 44.2 Å². The highest BCUT2D eigenvalue weighted by Crippen LogP contribution is 2.26. The lowest BCUT2D eigenvalue weighted by atomic mass is 10.1. The number of hydrogen-bond donors (Lipinski definition) is 1. The second-order valence-electron chi connectivity index (χ2n) is 5.03. The Bertz CT molecular complexity index is 579. The number of ether oxygens (including phenoxy) is 1. The summed E-state index contributed by atoms with van der Waals surface area (Å²) in [7, 11) is 0. The molecular weight excluding hydrogens is 259 g/mol. The smallest absolute Gasteiger partial charge is 0.132 e. The van der Waals surface area contributed by atoms with Crippen molar-refractivity contribution in [2.45, 2.75) is 39.5 Å². The molecule has 108 valence electrons. The summed E-state index contributed by atoms with van der Waals surface area (Å²) in [6, 6.07) is 6.26. The fourth-order valence-corrected chi connectivity index (χ4v) is 1.87. The van der Waals surface area contributed by atoms with Gasteiger partial charge in [0.05, 0.1) is 11.8 Å². The molecule has 1 aromatic carbocycles. The van der Waals surface area contributed by atoms with Crippen molar-refractivity contribution >= 4 is 0 Å². The molecule has 0 aliphatic heterocycles. The summed E-state index contributed by atoms with van der Waals surface area (Å²) in [6.07, 6.45) is 1.17. The molecule has 0 bridgehead atoms. The molecule has 2 rings (SSSR count). The second kappa shape index (κ2) is 6.05. The molecule has 0 amide bonds. The van der Waals surface area contributed by atoms with Crippen LogP contribution in [0.15, 0.2) is 30.5 Å². The number of hydrogen-bond acceptors (Lipinski definition) is 3. The number of nitrogens with zero attached hydrogens (tertiary/aromatic N) is 2. The SMILES string of the molecule is CC(C)n1ccc(COc2cc(F)ccc2[C@@H](C)O)n1. The molecule has 0 aliphatic rings. The van der Waals surface area contributed by atoms with Crippen molar-refractivity contribution < 1.29 is 14.2 Å². The van der Waals surface area contributed by atoms with Gasteiger partial charge in [0.15, 0.2) is 0 Å². The Morgan fingerprint density at radius 3 is 2.65 bits per heavy atom. The van der Waals surface area contributed by atoms with Gasteiger partial charge in [-0.05, 0) is 39.0 Å². The summed E-state index contributed by atoms with van der Waals surface area (Å²) in [5.74, 6) is -0.0452. The molecule has 0 spiro atoms. The maximum absolute atomic E-state index is 13.3. The summed E-state index contributed by atoms with van der Waals surface area (Å²) >= 11 is 0. The van der Waals surface area contributed by atoms with Crippen LogP contribution >= 0.6 is 0 Å². The molecule has 0 aliphatic carbocycles. The first-order valence-corrected chi connectivity index (χ1v) is 6.61. The minimum absolute atomic E-state index is 0.239. The zero-order valence-electron chi connectivity index (χ0n) is 11.9. The van der Waals surface area contributed by atoms with Gasteiger partial charge in [-0.3, -0.25) is 4.68 Å². The van der Waals surface area contributed by atoms with Crippen LogP contribution in [0.4, 0.5) is 4.39 Å². The lowest BCUT2D eigenvalue weighted by Gasteiger charge is -2.12. The van der Waals surface area contributed by atoms with Gasteiger partial charge in [-0.15, -0.1) is 0 Å². The predicted octanol–water partition coefficient (Wildman–Crippen LogP) is 3.24. The number of aromatic nitrogens is 2. The minimum atomic E-state index is -0.709. The number of benzene rings is 1. The van der Waals surface area contributed by atoms with Gasteiger partial charge in [-0.25, -0.2) is 4.39 Å². The molecule has 1 aromatic heterocycles. The van der Waals surface area contributed by atoms with Crippen LogP contribution in [0.3, 0.4) is 0 Å². The fraction of sp³-hybridized carbons (Fsp3) is 0.400. The first kappa shape index (κ1) is 14.5. The van der Waals surface area contributed by atoms with Crippen LogP contribution in [0.2, 0.25) is 0 Å². The standard InChI is InChI=1S/C15H19FN2O2/c1-10(2)18-7-6-13(17-18)9-20-15-8-12(16)4-5-14(15)11(3)19/h4-8,10-11,19H,9H2,1-3H3/t11-/m1/s1. The largest absolute Gasteiger partial charge is 0.487 e. The van der Waals surface area contributed by atoms with Crippen LogP contribution in [-0.4, -0.2) is 14.9 Å². The van der Waals surface area contributed by atoms with E-state index in [4.69, 9.17) is 4.74 Å². The number of aliphatic hydroxyl groups is 1. The number of aliphatic hydroxyl groups excluding tert-OH is 1. The maximum Gasteiger partial charge on any atom is 0.132 e. The van der Waals surface area contributed by atoms with Crippen molar-refractivity contribution in [2.24, 2.45) is 0 Å². The molecule has 5 heteroatoms. The Morgan fingerprint density at radius 2 is 2.05 bits per heavy atom. The molecular formula is C15H19FN2O2. The topological polar surface area (TPSA) is 47.3 Å². The lowest BCUT2D eigenvalue weighted by molar-refractivity contribution is 0.189. The third kappa shape index (κ3) is 3.36. The molecule has 1 N–H and O–H groups in total. The molecule has 0 fully saturated rings. The Morgan fingerprint density at radius 1 is 1.30 bits per heavy atom. The fourth-order valence-electron chi connectivity index (χ4n) is 1.87. The molecule has 2 aromatic rings. The zero-order chi connectivity index (χ0) is 14.7. The summed E-state index contributed by atoms with van der Waals surface area (Å²) in [6.45, 7) is 5.93. The van der Waals surface area contributed by atoms with Crippen molar-refractivity contribution in [3.05, 3.63) is 47.5 Å². The lowest BCUT2D eigenvalue weighted by Crippen LogP contribution is -2.05. The summed E-state index contributed by atoms with van der Waals surface area (Å²) in [4.78, 5) is 0. The molecule has 0 unspecified atom stereocenters. The monoisotopic (exact) mass is 278 g/mol. The van der Waals surface area contributed by atoms with Gasteiger partial charge in [-0.2, -0.15) is 5.10 Å². The number of halogens is 1. The molecule has 0 saturated carbocycles. The Balaban J connectivity index is 2.11. The summed E-state index contributed by atoms with van der Waals surface area (Å²) in [5.41, 5.74) is 1.33. The maximum atomic E-state index is 13.3. The van der Waals surface area contributed by atoms with E-state index in [0.717, 1.165) is 5.69 Å². The van der Waals surface area contributed by atoms with Crippen LogP contribution in [0, 0.1) is 5.82 Å². The van der Waals surface area contributed by atoms with Gasteiger partial charge in [0.2, 0.25) is 0 Å². The van der Waals surface area contributed by atoms with Gasteiger partial charge in [0, 0.05) is 23.9 Å². The highest BCUT2D eigenvalue weighted by Gasteiger charge is 2.11. The highest BCUT2D eigenvalue weighted by molar-refractivity contribution is 5.35. The van der Waals surface area contributed by atoms with E-state index in [1.165, 1.54) is 18.2 Å². The Hall–Kier alpha value is -1.88. The van der Waals surface area contributed by atoms with Crippen molar-refractivity contribution in [1.82, 2.24) is 9.78 Å². The van der Waals surface area contributed by atoms with Gasteiger partial charge < -0.3 is 9.84 Å². The van der Waals surface area contributed by atoms with Crippen molar-refractivity contribution in [3.8, 4) is 5.75 Å². The molecule has 1 heterocycles. The number of rotatable bonds is 5. The van der Waals surface area contributed by atoms with E-state index in [0.29, 0.717) is 11.3 Å². The normalized spacial score (nSPS) is 12.7. The average Bonchev–Trinajstić information content (AvgIpc) is 2.85. The quantitative estimate of drug-likeness (QED) is 0.913. The van der Waals surface area contributed by atoms with E-state index < -0.39 is 11.9 Å². The third-order valence-corrected chi connectivity index (χ3v) is 2.99. The van der Waals surface area contributed by atoms with Gasteiger partial charge in [-0.1, -0.05) is 0 Å². The van der Waals surface area contributed by atoms with Crippen molar-refractivity contribution in [3.63, 3.8) is 0 Å². The van der Waals surface area contributed by atoms with Crippen LogP contribution in [-0.2, 0) is 6.61 Å². The van der Waals surface area contributed by atoms with Crippen LogP contribution in [0.5, 0.6) is 5.75 Å². The van der Waals surface area contributed by atoms with Crippen LogP contribution < -0.4 is 4.74 Å². The van der Waals surface area contributed by atoms with Crippen molar-refractivity contribution in [2.75, 3.05) is 0 Å². The van der Waals surface area contributed by atoms with Gasteiger partial charge in [0.1, 0.15) is 18.2 Å². The van der Waals surface area contributed by atoms with E-state index in [2.05, 4.69) is 5.10 Å². The van der Waals surface area contributed by atoms with E-state index in [1.807, 2.05) is 30.8 Å². The summed E-state index contributed by atoms with van der Waals surface area (Å²) in [5, 5.41) is 14.0. The molecule has 20 heavy (non-hydrogen) atoms. The van der Waals surface area contributed by atoms with E-state index in [-0.39, 0.29) is 12.6 Å². The van der Waals surface area contributed by atoms with E-state index in [9.17, 15) is 9.50 Å². The minimum Gasteiger partial charge on any atom is -0.487 e. The van der Waals surface area contributed by atoms with Crippen molar-refractivity contribution in [1.29, 1.82) is 0 Å². The molecule has 1 atom stereocenters. The average molecular weight is 278 g/mol. The molecule has 0 radical (unpaired) electrons. The molecule has 0 saturated heterocycles. The Labute approximate surface area is 117 Å². The first-order valence-electron chi connectivity index (χ1n) is 6.61. The second-order valence-corrected chi connectivity index (χ2v) is 5.03. The van der Waals surface area contributed by atoms with E-state index >= 15 is 0 Å². The highest BCUT2D eigenvalue weighted by atomic mass is 19.1. The zero-order valence-corrected chi connectivity index (χ0v) is 11.9.